The van der Waals surface area contributed by atoms with Gasteiger partial charge in [-0.1, -0.05) is 0 Å². The molecule has 0 atom stereocenters. The number of nitrogens with zero attached hydrogens (tertiary/aromatic N) is 1. The van der Waals surface area contributed by atoms with Crippen molar-refractivity contribution in [1.82, 2.24) is 10.2 Å². The number of primary amides is 1. The van der Waals surface area contributed by atoms with Gasteiger partial charge < -0.3 is 5.73 Å². The summed E-state index contributed by atoms with van der Waals surface area (Å²) < 4.78 is 27.9. The van der Waals surface area contributed by atoms with E-state index in [1.54, 1.807) is 13.8 Å². The molecule has 1 aromatic carbocycles. The molecule has 0 spiro atoms. The Bertz CT molecular complexity index is 869. The van der Waals surface area contributed by atoms with E-state index < -0.39 is 15.9 Å². The summed E-state index contributed by atoms with van der Waals surface area (Å²) >= 11 is 0. The zero-order chi connectivity index (χ0) is 17.5. The summed E-state index contributed by atoms with van der Waals surface area (Å²) in [6.07, 6.45) is 0. The molecule has 2 aromatic rings. The number of nitrogens with two attached hydrogens (primary N) is 1. The van der Waals surface area contributed by atoms with E-state index in [4.69, 9.17) is 5.73 Å². The van der Waals surface area contributed by atoms with Crippen LogP contribution in [0.2, 0.25) is 0 Å². The summed E-state index contributed by atoms with van der Waals surface area (Å²) in [7, 11) is -3.83. The first-order valence-corrected chi connectivity index (χ1v) is 8.49. The first-order valence-electron chi connectivity index (χ1n) is 7.01. The molecular weight excluding hydrogens is 316 g/mol. The van der Waals surface area contributed by atoms with Gasteiger partial charge in [0.1, 0.15) is 5.69 Å². The summed E-state index contributed by atoms with van der Waals surface area (Å²) in [6.45, 7) is 9.33. The second kappa shape index (κ2) is 5.69. The average molecular weight is 336 g/mol. The number of anilines is 1. The van der Waals surface area contributed by atoms with E-state index >= 15 is 0 Å². The van der Waals surface area contributed by atoms with Crippen molar-refractivity contribution in [3.63, 3.8) is 0 Å². The van der Waals surface area contributed by atoms with E-state index in [2.05, 4.69) is 14.9 Å². The normalized spacial score (nSPS) is 11.5. The van der Waals surface area contributed by atoms with Crippen LogP contribution in [0.15, 0.2) is 11.0 Å². The quantitative estimate of drug-likeness (QED) is 0.789. The fraction of sp³-hybridized carbons (Fsp3) is 0.333. The Morgan fingerprint density at radius 3 is 1.96 bits per heavy atom. The predicted octanol–water partition coefficient (Wildman–Crippen LogP) is 1.85. The highest BCUT2D eigenvalue weighted by molar-refractivity contribution is 7.92. The molecule has 2 rings (SSSR count). The van der Waals surface area contributed by atoms with Gasteiger partial charge in [0.15, 0.2) is 5.82 Å². The highest BCUT2D eigenvalue weighted by atomic mass is 32.2. The number of hydrogen-bond acceptors (Lipinski definition) is 4. The van der Waals surface area contributed by atoms with Crippen LogP contribution in [0.3, 0.4) is 0 Å². The Kier molecular flexibility index (Phi) is 4.21. The molecule has 8 heteroatoms. The van der Waals surface area contributed by atoms with E-state index in [-0.39, 0.29) is 16.4 Å². The summed E-state index contributed by atoms with van der Waals surface area (Å²) in [4.78, 5) is 11.3. The largest absolute Gasteiger partial charge is 0.364 e. The van der Waals surface area contributed by atoms with Gasteiger partial charge >= 0.3 is 0 Å². The number of carbonyl (C=O) groups excluding carboxylic acids is 1. The third kappa shape index (κ3) is 2.94. The molecule has 0 aliphatic carbocycles. The maximum Gasteiger partial charge on any atom is 0.266 e. The number of aromatic amines is 1. The Hall–Kier alpha value is -2.35. The first-order chi connectivity index (χ1) is 10.6. The van der Waals surface area contributed by atoms with Crippen molar-refractivity contribution < 1.29 is 13.2 Å². The Morgan fingerprint density at radius 1 is 1.04 bits per heavy atom. The Balaban J connectivity index is 2.54. The highest BCUT2D eigenvalue weighted by Crippen LogP contribution is 2.30. The van der Waals surface area contributed by atoms with Crippen molar-refractivity contribution >= 4 is 21.7 Å². The minimum atomic E-state index is -3.83. The fourth-order valence-corrected chi connectivity index (χ4v) is 4.15. The smallest absolute Gasteiger partial charge is 0.266 e. The lowest BCUT2D eigenvalue weighted by molar-refractivity contribution is 0.0995. The fourth-order valence-electron chi connectivity index (χ4n) is 2.56. The average Bonchev–Trinajstić information content (AvgIpc) is 2.90. The van der Waals surface area contributed by atoms with Gasteiger partial charge in [0.05, 0.1) is 4.90 Å². The number of carbonyl (C=O) groups is 1. The Labute approximate surface area is 135 Å². The second-order valence-electron chi connectivity index (χ2n) is 5.59. The number of aromatic nitrogens is 2. The van der Waals surface area contributed by atoms with Crippen LogP contribution in [0.1, 0.15) is 38.3 Å². The van der Waals surface area contributed by atoms with Crippen LogP contribution in [0.5, 0.6) is 0 Å². The van der Waals surface area contributed by atoms with Crippen molar-refractivity contribution in [2.45, 2.75) is 39.5 Å². The zero-order valence-corrected chi connectivity index (χ0v) is 14.6. The predicted molar refractivity (Wildman–Crippen MR) is 88.0 cm³/mol. The summed E-state index contributed by atoms with van der Waals surface area (Å²) in [5.74, 6) is -0.689. The lowest BCUT2D eigenvalue weighted by Crippen LogP contribution is -2.18. The van der Waals surface area contributed by atoms with E-state index in [0.29, 0.717) is 11.1 Å². The van der Waals surface area contributed by atoms with Crippen LogP contribution in [0.4, 0.5) is 5.82 Å². The molecule has 0 fully saturated rings. The monoisotopic (exact) mass is 336 g/mol. The first kappa shape index (κ1) is 17.0. The van der Waals surface area contributed by atoms with Crippen molar-refractivity contribution in [3.8, 4) is 0 Å². The van der Waals surface area contributed by atoms with Crippen molar-refractivity contribution in [2.75, 3.05) is 4.72 Å². The van der Waals surface area contributed by atoms with Gasteiger partial charge in [-0.25, -0.2) is 8.42 Å². The van der Waals surface area contributed by atoms with Crippen molar-refractivity contribution in [3.05, 3.63) is 39.6 Å². The summed E-state index contributed by atoms with van der Waals surface area (Å²) in [6, 6.07) is 1.26. The zero-order valence-electron chi connectivity index (χ0n) is 13.7. The SMILES string of the molecule is Cc1c(C)c(C)c(S(=O)(=O)Nc2cc(C(N)=O)[nH]n2)c(C)c1C. The van der Waals surface area contributed by atoms with Gasteiger partial charge in [0.25, 0.3) is 15.9 Å². The van der Waals surface area contributed by atoms with Gasteiger partial charge in [-0.3, -0.25) is 14.6 Å². The number of hydrogen-bond donors (Lipinski definition) is 3. The molecule has 23 heavy (non-hydrogen) atoms. The third-order valence-electron chi connectivity index (χ3n) is 4.28. The molecule has 0 aliphatic heterocycles. The molecule has 4 N–H and O–H groups in total. The number of H-pyrrole nitrogens is 1. The van der Waals surface area contributed by atoms with E-state index in [1.165, 1.54) is 6.07 Å². The maximum atomic E-state index is 12.8. The molecular formula is C15H20N4O3S. The number of nitrogens with one attached hydrogen (secondary N) is 2. The van der Waals surface area contributed by atoms with Gasteiger partial charge in [0.2, 0.25) is 0 Å². The highest BCUT2D eigenvalue weighted by Gasteiger charge is 2.24. The molecule has 0 unspecified atom stereocenters. The van der Waals surface area contributed by atoms with Gasteiger partial charge in [-0.2, -0.15) is 5.10 Å². The van der Waals surface area contributed by atoms with E-state index in [0.717, 1.165) is 16.7 Å². The van der Waals surface area contributed by atoms with Crippen LogP contribution in [0.25, 0.3) is 0 Å². The molecule has 1 aromatic heterocycles. The summed E-state index contributed by atoms with van der Waals surface area (Å²) in [5.41, 5.74) is 9.50. The van der Waals surface area contributed by atoms with Gasteiger partial charge in [-0.15, -0.1) is 0 Å². The lowest BCUT2D eigenvalue weighted by atomic mass is 9.95. The number of rotatable bonds is 4. The topological polar surface area (TPSA) is 118 Å². The third-order valence-corrected chi connectivity index (χ3v) is 5.91. The molecule has 0 saturated carbocycles. The van der Waals surface area contributed by atoms with E-state index in [9.17, 15) is 13.2 Å². The van der Waals surface area contributed by atoms with Crippen LogP contribution in [-0.2, 0) is 10.0 Å². The lowest BCUT2D eigenvalue weighted by Gasteiger charge is -2.18. The number of sulfonamides is 1. The van der Waals surface area contributed by atoms with Crippen molar-refractivity contribution in [1.29, 1.82) is 0 Å². The minimum Gasteiger partial charge on any atom is -0.364 e. The maximum absolute atomic E-state index is 12.8. The van der Waals surface area contributed by atoms with Crippen molar-refractivity contribution in [2.24, 2.45) is 5.73 Å². The number of amides is 1. The molecule has 0 aliphatic rings. The van der Waals surface area contributed by atoms with Crippen LogP contribution < -0.4 is 10.5 Å². The number of benzene rings is 1. The second-order valence-corrected chi connectivity index (χ2v) is 7.21. The molecule has 7 nitrogen and oxygen atoms in total. The standard InChI is InChI=1S/C15H20N4O3S/c1-7-8(2)10(4)14(11(5)9(7)3)23(21,22)19-13-6-12(15(16)20)17-18-13/h6H,1-5H3,(H2,16,20)(H2,17,18,19). The van der Waals surface area contributed by atoms with Crippen LogP contribution in [0, 0.1) is 34.6 Å². The van der Waals surface area contributed by atoms with Crippen LogP contribution in [-0.4, -0.2) is 24.5 Å². The van der Waals surface area contributed by atoms with E-state index in [1.807, 2.05) is 20.8 Å². The Morgan fingerprint density at radius 2 is 1.52 bits per heavy atom. The molecule has 124 valence electrons. The molecule has 1 amide bonds. The molecule has 0 saturated heterocycles. The molecule has 0 radical (unpaired) electrons. The van der Waals surface area contributed by atoms with Gasteiger partial charge in [-0.05, 0) is 62.4 Å². The minimum absolute atomic E-state index is 0.0217. The summed E-state index contributed by atoms with van der Waals surface area (Å²) in [5, 5.41) is 6.14. The van der Waals surface area contributed by atoms with Crippen LogP contribution >= 0.6 is 0 Å². The molecule has 1 heterocycles. The molecule has 0 bridgehead atoms. The van der Waals surface area contributed by atoms with Gasteiger partial charge in [0, 0.05) is 6.07 Å².